The Kier molecular flexibility index (Phi) is 4.79. The average molecular weight is 362 g/mol. The maximum absolute atomic E-state index is 12.9. The Hall–Kier alpha value is -1.44. The van der Waals surface area contributed by atoms with Crippen molar-refractivity contribution in [2.75, 3.05) is 26.3 Å². The van der Waals surface area contributed by atoms with E-state index in [4.69, 9.17) is 4.74 Å². The molecule has 1 saturated carbocycles. The fourth-order valence-electron chi connectivity index (χ4n) is 4.69. The van der Waals surface area contributed by atoms with Crippen LogP contribution in [0.25, 0.3) is 0 Å². The van der Waals surface area contributed by atoms with Crippen molar-refractivity contribution in [3.63, 3.8) is 0 Å². The monoisotopic (exact) mass is 362 g/mol. The second kappa shape index (κ2) is 6.94. The summed E-state index contributed by atoms with van der Waals surface area (Å²) in [4.78, 5) is 17.2. The van der Waals surface area contributed by atoms with Crippen LogP contribution in [-0.2, 0) is 16.1 Å². The Morgan fingerprint density at radius 3 is 2.96 bits per heavy atom. The summed E-state index contributed by atoms with van der Waals surface area (Å²) in [7, 11) is 0. The van der Waals surface area contributed by atoms with E-state index in [1.54, 1.807) is 11.1 Å². The number of hydrogen-bond donors (Lipinski definition) is 2. The Bertz CT molecular complexity index is 655. The highest BCUT2D eigenvalue weighted by atomic mass is 16.5. The number of fused-ring (bicyclic) bond motifs is 1. The molecule has 1 amide bonds. The Morgan fingerprint density at radius 2 is 2.31 bits per heavy atom. The van der Waals surface area contributed by atoms with Crippen LogP contribution in [0.2, 0.25) is 0 Å². The molecule has 144 valence electrons. The van der Waals surface area contributed by atoms with Crippen LogP contribution in [0.15, 0.2) is 6.20 Å². The van der Waals surface area contributed by atoms with Crippen LogP contribution in [0.5, 0.6) is 0 Å². The Balaban J connectivity index is 1.39. The van der Waals surface area contributed by atoms with E-state index in [2.05, 4.69) is 28.9 Å². The van der Waals surface area contributed by atoms with Gasteiger partial charge in [0.1, 0.15) is 0 Å². The van der Waals surface area contributed by atoms with Crippen molar-refractivity contribution in [3.8, 4) is 0 Å². The van der Waals surface area contributed by atoms with Crippen LogP contribution in [0.4, 0.5) is 0 Å². The van der Waals surface area contributed by atoms with Crippen molar-refractivity contribution in [2.24, 2.45) is 5.92 Å². The second-order valence-electron chi connectivity index (χ2n) is 8.54. The van der Waals surface area contributed by atoms with E-state index in [0.29, 0.717) is 18.9 Å². The minimum atomic E-state index is -0.287. The zero-order chi connectivity index (χ0) is 18.3. The molecule has 0 bridgehead atoms. The van der Waals surface area contributed by atoms with Gasteiger partial charge in [-0.25, -0.2) is 0 Å². The minimum absolute atomic E-state index is 0.0488. The number of aliphatic hydroxyl groups is 1. The fourth-order valence-corrected chi connectivity index (χ4v) is 4.69. The first kappa shape index (κ1) is 17.9. The fraction of sp³-hybridized carbons (Fsp3) is 0.789. The number of rotatable bonds is 5. The number of morpholine rings is 1. The number of aliphatic hydroxyl groups excluding tert-OH is 1. The van der Waals surface area contributed by atoms with E-state index in [9.17, 15) is 9.90 Å². The van der Waals surface area contributed by atoms with Gasteiger partial charge in [-0.05, 0) is 25.2 Å². The molecule has 3 aliphatic rings. The number of carbonyl (C=O) groups is 1. The van der Waals surface area contributed by atoms with Gasteiger partial charge in [-0.1, -0.05) is 13.8 Å². The molecule has 2 aliphatic heterocycles. The first-order valence-corrected chi connectivity index (χ1v) is 9.81. The molecular weight excluding hydrogens is 332 g/mol. The molecule has 0 radical (unpaired) electrons. The molecule has 1 saturated heterocycles. The number of ether oxygens (including phenoxy) is 1. The number of nitrogens with zero attached hydrogens (tertiary/aromatic N) is 3. The molecule has 4 rings (SSSR count). The zero-order valence-electron chi connectivity index (χ0n) is 15.8. The lowest BCUT2D eigenvalue weighted by Crippen LogP contribution is -2.64. The van der Waals surface area contributed by atoms with Crippen LogP contribution in [0.1, 0.15) is 56.8 Å². The van der Waals surface area contributed by atoms with Gasteiger partial charge in [0.05, 0.1) is 50.2 Å². The molecular formula is C19H30N4O3. The average Bonchev–Trinajstić information content (AvgIpc) is 3.13. The number of carbonyl (C=O) groups excluding carboxylic acids is 1. The molecule has 2 fully saturated rings. The number of aromatic nitrogens is 2. The quantitative estimate of drug-likeness (QED) is 0.829. The molecule has 2 unspecified atom stereocenters. The lowest BCUT2D eigenvalue weighted by Gasteiger charge is -2.55. The highest BCUT2D eigenvalue weighted by molar-refractivity contribution is 5.78. The number of amides is 1. The molecule has 1 aromatic rings. The van der Waals surface area contributed by atoms with E-state index >= 15 is 0 Å². The van der Waals surface area contributed by atoms with Gasteiger partial charge < -0.3 is 14.7 Å². The molecule has 0 aromatic carbocycles. The summed E-state index contributed by atoms with van der Waals surface area (Å²) in [6.45, 7) is 7.55. The van der Waals surface area contributed by atoms with Crippen molar-refractivity contribution < 1.29 is 14.6 Å². The van der Waals surface area contributed by atoms with Gasteiger partial charge in [-0.15, -0.1) is 0 Å². The smallest absolute Gasteiger partial charge is 0.226 e. The van der Waals surface area contributed by atoms with Crippen molar-refractivity contribution in [3.05, 3.63) is 17.5 Å². The van der Waals surface area contributed by atoms with Crippen LogP contribution in [0, 0.1) is 5.92 Å². The summed E-state index contributed by atoms with van der Waals surface area (Å²) in [6, 6.07) is -0.287. The van der Waals surface area contributed by atoms with E-state index in [1.165, 1.54) is 19.3 Å². The molecule has 1 aliphatic carbocycles. The van der Waals surface area contributed by atoms with Crippen LogP contribution in [-0.4, -0.2) is 69.0 Å². The van der Waals surface area contributed by atoms with Gasteiger partial charge in [0, 0.05) is 24.2 Å². The van der Waals surface area contributed by atoms with Crippen molar-refractivity contribution >= 4 is 5.91 Å². The molecule has 7 nitrogen and oxygen atoms in total. The normalized spacial score (nSPS) is 27.8. The van der Waals surface area contributed by atoms with Gasteiger partial charge in [-0.3, -0.25) is 14.8 Å². The van der Waals surface area contributed by atoms with Gasteiger partial charge in [0.15, 0.2) is 0 Å². The number of hydrogen-bond acceptors (Lipinski definition) is 5. The summed E-state index contributed by atoms with van der Waals surface area (Å²) < 4.78 is 6.13. The lowest BCUT2D eigenvalue weighted by molar-refractivity contribution is -0.159. The summed E-state index contributed by atoms with van der Waals surface area (Å²) in [6.07, 6.45) is 5.72. The maximum Gasteiger partial charge on any atom is 0.226 e. The first-order valence-electron chi connectivity index (χ1n) is 9.81. The standard InChI is InChI=1S/C19H30N4O3/c1-13(2)8-22-9-14(26-12-19(22)4-3-5-19)6-18(25)23-10-16-15(7-20-21-16)17(23)11-24/h7,13-14,17,24H,3-6,8-12H2,1-2H3,(H,20,21). The topological polar surface area (TPSA) is 81.7 Å². The highest BCUT2D eigenvalue weighted by Gasteiger charge is 2.47. The van der Waals surface area contributed by atoms with E-state index < -0.39 is 0 Å². The summed E-state index contributed by atoms with van der Waals surface area (Å²) in [5.74, 6) is 0.657. The zero-order valence-corrected chi connectivity index (χ0v) is 15.8. The molecule has 3 heterocycles. The van der Waals surface area contributed by atoms with Crippen molar-refractivity contribution in [1.29, 1.82) is 0 Å². The Morgan fingerprint density at radius 1 is 1.50 bits per heavy atom. The SMILES string of the molecule is CC(C)CN1CC(CC(=O)N2Cc3[nH]ncc3C2CO)OCC12CCC2. The van der Waals surface area contributed by atoms with Gasteiger partial charge in [-0.2, -0.15) is 5.10 Å². The number of nitrogens with one attached hydrogen (secondary N) is 1. The highest BCUT2D eigenvalue weighted by Crippen LogP contribution is 2.41. The van der Waals surface area contributed by atoms with Gasteiger partial charge in [0.2, 0.25) is 5.91 Å². The molecule has 2 N–H and O–H groups in total. The second-order valence-corrected chi connectivity index (χ2v) is 8.54. The third-order valence-electron chi connectivity index (χ3n) is 6.26. The Labute approximate surface area is 154 Å². The van der Waals surface area contributed by atoms with E-state index in [0.717, 1.165) is 31.0 Å². The van der Waals surface area contributed by atoms with Crippen LogP contribution < -0.4 is 0 Å². The number of H-pyrrole nitrogens is 1. The summed E-state index contributed by atoms with van der Waals surface area (Å²) >= 11 is 0. The molecule has 1 spiro atoms. The van der Waals surface area contributed by atoms with E-state index in [1.807, 2.05) is 0 Å². The predicted molar refractivity (Wildman–Crippen MR) is 96.3 cm³/mol. The summed E-state index contributed by atoms with van der Waals surface area (Å²) in [5, 5.41) is 16.7. The van der Waals surface area contributed by atoms with Crippen molar-refractivity contribution in [1.82, 2.24) is 20.0 Å². The molecule has 7 heteroatoms. The first-order chi connectivity index (χ1) is 12.5. The molecule has 26 heavy (non-hydrogen) atoms. The largest absolute Gasteiger partial charge is 0.394 e. The number of aromatic amines is 1. The molecule has 1 aromatic heterocycles. The van der Waals surface area contributed by atoms with Gasteiger partial charge in [0.25, 0.3) is 0 Å². The molecule has 2 atom stereocenters. The predicted octanol–water partition coefficient (Wildman–Crippen LogP) is 1.45. The van der Waals surface area contributed by atoms with Crippen LogP contribution >= 0.6 is 0 Å². The lowest BCUT2D eigenvalue weighted by atomic mass is 9.74. The van der Waals surface area contributed by atoms with Gasteiger partial charge >= 0.3 is 0 Å². The summed E-state index contributed by atoms with van der Waals surface area (Å²) in [5.41, 5.74) is 2.07. The maximum atomic E-state index is 12.9. The van der Waals surface area contributed by atoms with Crippen molar-refractivity contribution in [2.45, 2.75) is 63.8 Å². The minimum Gasteiger partial charge on any atom is -0.394 e. The van der Waals surface area contributed by atoms with E-state index in [-0.39, 0.29) is 30.2 Å². The third kappa shape index (κ3) is 3.06. The third-order valence-corrected chi connectivity index (χ3v) is 6.26. The van der Waals surface area contributed by atoms with Crippen LogP contribution in [0.3, 0.4) is 0 Å².